The molecule has 2 N–H and O–H groups in total. The molecule has 1 aromatic carbocycles. The van der Waals surface area contributed by atoms with E-state index in [1.54, 1.807) is 0 Å². The van der Waals surface area contributed by atoms with Crippen molar-refractivity contribution in [2.24, 2.45) is 0 Å². The third-order valence-electron chi connectivity index (χ3n) is 4.53. The summed E-state index contributed by atoms with van der Waals surface area (Å²) in [6.07, 6.45) is 3.66. The van der Waals surface area contributed by atoms with Gasteiger partial charge in [0, 0.05) is 37.9 Å². The molecule has 1 aromatic rings. The highest BCUT2D eigenvalue weighted by Gasteiger charge is 2.19. The number of para-hydroxylation sites is 1. The molecule has 1 aliphatic heterocycles. The number of rotatable bonds is 7. The lowest BCUT2D eigenvalue weighted by atomic mass is 9.86. The quantitative estimate of drug-likeness (QED) is 0.440. The molecule has 1 saturated heterocycles. The number of benzene rings is 1. The van der Waals surface area contributed by atoms with Crippen molar-refractivity contribution in [3.8, 4) is 6.07 Å². The molecule has 2 amide bonds. The molecule has 0 spiro atoms. The number of carbonyl (C=O) groups is 2. The molecule has 1 fully saturated rings. The van der Waals surface area contributed by atoms with Gasteiger partial charge in [0.05, 0.1) is 0 Å². The number of hydrogen-bond donors (Lipinski definition) is 2. The Hall–Kier alpha value is -2.81. The number of amides is 2. The maximum atomic E-state index is 12.2. The summed E-state index contributed by atoms with van der Waals surface area (Å²) in [4.78, 5) is 25.6. The summed E-state index contributed by atoms with van der Waals surface area (Å²) in [6.45, 7) is 8.20. The van der Waals surface area contributed by atoms with Crippen molar-refractivity contribution < 1.29 is 9.59 Å². The standard InChI is InChI=1S/C21H28N4O2/c1-21(2,3)17-8-4-5-9-18(17)24-15-16(14-22)20(27)23-11-7-13-25-12-6-10-19(25)26/h4-5,8-9,15,24H,6-7,10-13H2,1-3H3,(H,23,27)/b16-15-. The van der Waals surface area contributed by atoms with Crippen LogP contribution in [0.3, 0.4) is 0 Å². The Labute approximate surface area is 161 Å². The summed E-state index contributed by atoms with van der Waals surface area (Å²) in [7, 11) is 0. The predicted molar refractivity (Wildman–Crippen MR) is 106 cm³/mol. The van der Waals surface area contributed by atoms with Gasteiger partial charge in [0.2, 0.25) is 5.91 Å². The first-order valence-corrected chi connectivity index (χ1v) is 9.35. The van der Waals surface area contributed by atoms with Crippen molar-refractivity contribution in [2.75, 3.05) is 25.0 Å². The topological polar surface area (TPSA) is 85.2 Å². The maximum Gasteiger partial charge on any atom is 0.263 e. The van der Waals surface area contributed by atoms with E-state index in [0.29, 0.717) is 25.9 Å². The zero-order valence-electron chi connectivity index (χ0n) is 16.3. The largest absolute Gasteiger partial charge is 0.360 e. The van der Waals surface area contributed by atoms with Gasteiger partial charge in [-0.25, -0.2) is 0 Å². The number of nitrogens with one attached hydrogen (secondary N) is 2. The normalized spacial score (nSPS) is 14.8. The highest BCUT2D eigenvalue weighted by Crippen LogP contribution is 2.29. The third-order valence-corrected chi connectivity index (χ3v) is 4.53. The van der Waals surface area contributed by atoms with Crippen LogP contribution in [0.4, 0.5) is 5.69 Å². The lowest BCUT2D eigenvalue weighted by Gasteiger charge is -2.22. The van der Waals surface area contributed by atoms with E-state index in [1.807, 2.05) is 35.2 Å². The second-order valence-electron chi connectivity index (χ2n) is 7.70. The van der Waals surface area contributed by atoms with Crippen molar-refractivity contribution in [2.45, 2.75) is 45.4 Å². The van der Waals surface area contributed by atoms with Gasteiger partial charge in [0.25, 0.3) is 5.91 Å². The molecule has 0 aliphatic carbocycles. The highest BCUT2D eigenvalue weighted by atomic mass is 16.2. The Bertz CT molecular complexity index is 756. The molecule has 2 rings (SSSR count). The fourth-order valence-electron chi connectivity index (χ4n) is 3.07. The molecular formula is C21H28N4O2. The molecule has 1 aliphatic rings. The van der Waals surface area contributed by atoms with Gasteiger partial charge in [0.1, 0.15) is 11.6 Å². The Morgan fingerprint density at radius 1 is 1.33 bits per heavy atom. The first-order chi connectivity index (χ1) is 12.8. The van der Waals surface area contributed by atoms with Crippen molar-refractivity contribution >= 4 is 17.5 Å². The van der Waals surface area contributed by atoms with Crippen molar-refractivity contribution in [1.29, 1.82) is 5.26 Å². The Balaban J connectivity index is 1.89. The van der Waals surface area contributed by atoms with E-state index in [4.69, 9.17) is 0 Å². The molecular weight excluding hydrogens is 340 g/mol. The van der Waals surface area contributed by atoms with Crippen LogP contribution >= 0.6 is 0 Å². The minimum absolute atomic E-state index is 0.0240. The molecule has 0 saturated carbocycles. The van der Waals surface area contributed by atoms with Gasteiger partial charge < -0.3 is 15.5 Å². The maximum absolute atomic E-state index is 12.2. The number of hydrogen-bond acceptors (Lipinski definition) is 4. The van der Waals surface area contributed by atoms with Gasteiger partial charge in [0.15, 0.2) is 0 Å². The monoisotopic (exact) mass is 368 g/mol. The van der Waals surface area contributed by atoms with Gasteiger partial charge in [-0.2, -0.15) is 5.26 Å². The van der Waals surface area contributed by atoms with Gasteiger partial charge >= 0.3 is 0 Å². The summed E-state index contributed by atoms with van der Waals surface area (Å²) in [5.41, 5.74) is 1.95. The van der Waals surface area contributed by atoms with Crippen LogP contribution in [0, 0.1) is 11.3 Å². The van der Waals surface area contributed by atoms with Crippen LogP contribution in [-0.2, 0) is 15.0 Å². The Kier molecular flexibility index (Phi) is 7.00. The lowest BCUT2D eigenvalue weighted by Crippen LogP contribution is -2.31. The van der Waals surface area contributed by atoms with Crippen LogP contribution in [0.1, 0.15) is 45.6 Å². The lowest BCUT2D eigenvalue weighted by molar-refractivity contribution is -0.127. The number of nitrogens with zero attached hydrogens (tertiary/aromatic N) is 2. The summed E-state index contributed by atoms with van der Waals surface area (Å²) < 4.78 is 0. The number of nitriles is 1. The molecule has 6 nitrogen and oxygen atoms in total. The summed E-state index contributed by atoms with van der Waals surface area (Å²) in [5, 5.41) is 15.1. The van der Waals surface area contributed by atoms with Crippen LogP contribution < -0.4 is 10.6 Å². The van der Waals surface area contributed by atoms with Crippen molar-refractivity contribution in [1.82, 2.24) is 10.2 Å². The minimum atomic E-state index is -0.411. The van der Waals surface area contributed by atoms with Crippen LogP contribution in [0.15, 0.2) is 36.0 Å². The summed E-state index contributed by atoms with van der Waals surface area (Å²) >= 11 is 0. The fraction of sp³-hybridized carbons (Fsp3) is 0.476. The summed E-state index contributed by atoms with van der Waals surface area (Å²) in [5.74, 6) is -0.230. The average Bonchev–Trinajstić information content (AvgIpc) is 3.03. The number of likely N-dealkylation sites (tertiary alicyclic amines) is 1. The van der Waals surface area contributed by atoms with E-state index in [0.717, 1.165) is 24.2 Å². The van der Waals surface area contributed by atoms with Crippen molar-refractivity contribution in [3.05, 3.63) is 41.6 Å². The van der Waals surface area contributed by atoms with Crippen LogP contribution in [0.25, 0.3) is 0 Å². The first-order valence-electron chi connectivity index (χ1n) is 9.35. The molecule has 1 heterocycles. The van der Waals surface area contributed by atoms with E-state index in [9.17, 15) is 14.9 Å². The minimum Gasteiger partial charge on any atom is -0.360 e. The summed E-state index contributed by atoms with van der Waals surface area (Å²) in [6, 6.07) is 9.78. The van der Waals surface area contributed by atoms with E-state index in [1.165, 1.54) is 6.20 Å². The molecule has 0 radical (unpaired) electrons. The molecule has 0 aromatic heterocycles. The Morgan fingerprint density at radius 2 is 2.07 bits per heavy atom. The number of anilines is 1. The van der Waals surface area contributed by atoms with E-state index in [-0.39, 0.29) is 16.9 Å². The first kappa shape index (κ1) is 20.5. The molecule has 144 valence electrons. The molecule has 0 atom stereocenters. The van der Waals surface area contributed by atoms with Crippen molar-refractivity contribution in [3.63, 3.8) is 0 Å². The average molecular weight is 368 g/mol. The highest BCUT2D eigenvalue weighted by molar-refractivity contribution is 5.97. The smallest absolute Gasteiger partial charge is 0.263 e. The van der Waals surface area contributed by atoms with E-state index >= 15 is 0 Å². The SMILES string of the molecule is CC(C)(C)c1ccccc1N/C=C(/C#N)C(=O)NCCCN1CCCC1=O. The van der Waals surface area contributed by atoms with E-state index < -0.39 is 5.91 Å². The van der Waals surface area contributed by atoms with Gasteiger partial charge in [-0.05, 0) is 29.9 Å². The Morgan fingerprint density at radius 3 is 2.70 bits per heavy atom. The predicted octanol–water partition coefficient (Wildman–Crippen LogP) is 2.93. The molecule has 0 unspecified atom stereocenters. The van der Waals surface area contributed by atoms with Gasteiger partial charge in [-0.1, -0.05) is 39.0 Å². The molecule has 6 heteroatoms. The van der Waals surface area contributed by atoms with Gasteiger partial charge in [-0.3, -0.25) is 9.59 Å². The van der Waals surface area contributed by atoms with Crippen LogP contribution in [-0.4, -0.2) is 36.3 Å². The molecule has 0 bridgehead atoms. The second-order valence-corrected chi connectivity index (χ2v) is 7.70. The van der Waals surface area contributed by atoms with Crippen LogP contribution in [0.2, 0.25) is 0 Å². The fourth-order valence-corrected chi connectivity index (χ4v) is 3.07. The van der Waals surface area contributed by atoms with Crippen LogP contribution in [0.5, 0.6) is 0 Å². The second kappa shape index (κ2) is 9.22. The third kappa shape index (κ3) is 5.85. The zero-order chi connectivity index (χ0) is 19.9. The molecule has 27 heavy (non-hydrogen) atoms. The zero-order valence-corrected chi connectivity index (χ0v) is 16.3. The van der Waals surface area contributed by atoms with E-state index in [2.05, 4.69) is 31.4 Å². The number of carbonyl (C=O) groups excluding carboxylic acids is 2. The van der Waals surface area contributed by atoms with Gasteiger partial charge in [-0.15, -0.1) is 0 Å².